The second-order valence-electron chi connectivity index (χ2n) is 10.2. The highest BCUT2D eigenvalue weighted by Gasteiger charge is 2.19. The highest BCUT2D eigenvalue weighted by Crippen LogP contribution is 2.26. The topological polar surface area (TPSA) is 81.5 Å². The van der Waals surface area contributed by atoms with E-state index in [0.717, 1.165) is 56.4 Å². The highest BCUT2D eigenvalue weighted by molar-refractivity contribution is 5.76. The molecule has 38 heavy (non-hydrogen) atoms. The largest absolute Gasteiger partial charge is 0.490 e. The monoisotopic (exact) mass is 526 g/mol. The Balaban J connectivity index is 1.70. The van der Waals surface area contributed by atoms with Crippen molar-refractivity contribution in [3.8, 4) is 17.1 Å². The van der Waals surface area contributed by atoms with Crippen LogP contribution in [0.15, 0.2) is 36.7 Å². The van der Waals surface area contributed by atoms with Crippen molar-refractivity contribution in [1.29, 1.82) is 0 Å². The van der Waals surface area contributed by atoms with E-state index >= 15 is 0 Å². The second-order valence-corrected chi connectivity index (χ2v) is 10.2. The van der Waals surface area contributed by atoms with E-state index in [-0.39, 0.29) is 0 Å². The van der Waals surface area contributed by atoms with Crippen molar-refractivity contribution in [1.82, 2.24) is 9.97 Å². The maximum Gasteiger partial charge on any atom is 0.310 e. The number of unbranched alkanes of at least 4 members (excludes halogenated alkanes) is 11. The van der Waals surface area contributed by atoms with Gasteiger partial charge in [0, 0.05) is 18.8 Å². The first kappa shape index (κ1) is 31.7. The quantitative estimate of drug-likeness (QED) is 0.146. The maximum absolute atomic E-state index is 11.9. The molecule has 1 N–H and O–H groups in total. The first-order valence-corrected chi connectivity index (χ1v) is 15.0. The molecule has 0 aliphatic heterocycles. The normalized spacial score (nSPS) is 11.9. The third-order valence-electron chi connectivity index (χ3n) is 6.94. The van der Waals surface area contributed by atoms with Crippen LogP contribution in [0.3, 0.4) is 0 Å². The molecular weight excluding hydrogens is 476 g/mol. The molecule has 0 saturated heterocycles. The Bertz CT molecular complexity index is 855. The average Bonchev–Trinajstić information content (AvgIpc) is 2.93. The van der Waals surface area contributed by atoms with Gasteiger partial charge in [-0.05, 0) is 31.2 Å². The summed E-state index contributed by atoms with van der Waals surface area (Å²) in [5, 5.41) is 9.77. The number of carbonyl (C=O) groups is 1. The van der Waals surface area contributed by atoms with Gasteiger partial charge in [0.2, 0.25) is 0 Å². The van der Waals surface area contributed by atoms with Crippen LogP contribution >= 0.6 is 0 Å². The highest BCUT2D eigenvalue weighted by atomic mass is 16.5. The molecule has 2 rings (SSSR count). The zero-order chi connectivity index (χ0) is 27.3. The fourth-order valence-electron chi connectivity index (χ4n) is 4.55. The average molecular weight is 527 g/mol. The van der Waals surface area contributed by atoms with E-state index in [4.69, 9.17) is 9.47 Å². The molecule has 0 aliphatic carbocycles. The lowest BCUT2D eigenvalue weighted by Gasteiger charge is -2.13. The van der Waals surface area contributed by atoms with Crippen molar-refractivity contribution in [2.45, 2.75) is 116 Å². The smallest absolute Gasteiger partial charge is 0.310 e. The van der Waals surface area contributed by atoms with Crippen molar-refractivity contribution < 1.29 is 19.4 Å². The molecule has 1 heterocycles. The number of carboxylic acid groups (broad SMARTS) is 1. The van der Waals surface area contributed by atoms with E-state index in [9.17, 15) is 9.90 Å². The van der Waals surface area contributed by atoms with Gasteiger partial charge < -0.3 is 14.6 Å². The maximum atomic E-state index is 11.9. The van der Waals surface area contributed by atoms with Gasteiger partial charge in [-0.25, -0.2) is 9.97 Å². The van der Waals surface area contributed by atoms with Gasteiger partial charge in [-0.2, -0.15) is 0 Å². The Labute approximate surface area is 230 Å². The van der Waals surface area contributed by atoms with Crippen LogP contribution in [0, 0.1) is 0 Å². The summed E-state index contributed by atoms with van der Waals surface area (Å²) in [6, 6.07) is 7.63. The second kappa shape index (κ2) is 20.5. The van der Waals surface area contributed by atoms with Gasteiger partial charge in [-0.15, -0.1) is 0 Å². The van der Waals surface area contributed by atoms with Crippen LogP contribution < -0.4 is 4.74 Å². The van der Waals surface area contributed by atoms with Crippen molar-refractivity contribution in [2.24, 2.45) is 0 Å². The number of ether oxygens (including phenoxy) is 2. The molecule has 0 bridgehead atoms. The fourth-order valence-corrected chi connectivity index (χ4v) is 4.55. The number of hydrogen-bond donors (Lipinski definition) is 1. The number of benzene rings is 1. The summed E-state index contributed by atoms with van der Waals surface area (Å²) in [6.45, 7) is 6.70. The van der Waals surface area contributed by atoms with E-state index in [1.807, 2.05) is 24.3 Å². The van der Waals surface area contributed by atoms with Gasteiger partial charge in [-0.3, -0.25) is 4.79 Å². The zero-order valence-corrected chi connectivity index (χ0v) is 23.8. The fraction of sp³-hybridized carbons (Fsp3) is 0.656. The van der Waals surface area contributed by atoms with Crippen LogP contribution in [0.4, 0.5) is 0 Å². The van der Waals surface area contributed by atoms with Gasteiger partial charge >= 0.3 is 5.97 Å². The van der Waals surface area contributed by atoms with E-state index in [0.29, 0.717) is 24.6 Å². The predicted molar refractivity (Wildman–Crippen MR) is 155 cm³/mol. The molecule has 212 valence electrons. The molecule has 1 atom stereocenters. The van der Waals surface area contributed by atoms with Crippen molar-refractivity contribution >= 4 is 5.97 Å². The molecule has 0 aliphatic rings. The van der Waals surface area contributed by atoms with Crippen LogP contribution in [0.5, 0.6) is 5.75 Å². The first-order valence-electron chi connectivity index (χ1n) is 15.0. The van der Waals surface area contributed by atoms with Crippen molar-refractivity contribution in [2.75, 3.05) is 19.8 Å². The summed E-state index contributed by atoms with van der Waals surface area (Å²) in [5.74, 6) is 0.0433. The van der Waals surface area contributed by atoms with Crippen molar-refractivity contribution in [3.63, 3.8) is 0 Å². The molecule has 2 aromatic rings. The predicted octanol–water partition coefficient (Wildman–Crippen LogP) is 8.60. The molecule has 1 unspecified atom stereocenters. The Kier molecular flexibility index (Phi) is 17.1. The van der Waals surface area contributed by atoms with E-state index in [1.165, 1.54) is 57.8 Å². The van der Waals surface area contributed by atoms with E-state index in [2.05, 4.69) is 23.8 Å². The number of rotatable bonds is 23. The van der Waals surface area contributed by atoms with E-state index in [1.54, 1.807) is 12.4 Å². The van der Waals surface area contributed by atoms with Gasteiger partial charge in [0.05, 0.1) is 24.9 Å². The lowest BCUT2D eigenvalue weighted by atomic mass is 9.92. The van der Waals surface area contributed by atoms with Gasteiger partial charge in [0.15, 0.2) is 11.6 Å². The summed E-state index contributed by atoms with van der Waals surface area (Å²) < 4.78 is 11.4. The minimum Gasteiger partial charge on any atom is -0.490 e. The molecule has 1 aromatic carbocycles. The minimum atomic E-state index is -0.753. The third kappa shape index (κ3) is 13.4. The Morgan fingerprint density at radius 1 is 0.737 bits per heavy atom. The lowest BCUT2D eigenvalue weighted by Crippen LogP contribution is -2.11. The minimum absolute atomic E-state index is 0.465. The molecule has 1 aromatic heterocycles. The Morgan fingerprint density at radius 2 is 1.26 bits per heavy atom. The number of aliphatic carboxylic acids is 1. The molecule has 6 nitrogen and oxygen atoms in total. The molecular formula is C32H50N2O4. The van der Waals surface area contributed by atoms with Crippen LogP contribution in [-0.4, -0.2) is 40.9 Å². The van der Waals surface area contributed by atoms with Gasteiger partial charge in [0.25, 0.3) is 0 Å². The summed E-state index contributed by atoms with van der Waals surface area (Å²) in [7, 11) is 0. The molecule has 0 saturated carbocycles. The molecule has 0 amide bonds. The zero-order valence-electron chi connectivity index (χ0n) is 23.8. The number of aromatic nitrogens is 2. The molecule has 0 fully saturated rings. The Hall–Kier alpha value is -2.47. The van der Waals surface area contributed by atoms with E-state index < -0.39 is 11.9 Å². The van der Waals surface area contributed by atoms with Crippen LogP contribution in [-0.2, 0) is 9.53 Å². The van der Waals surface area contributed by atoms with Gasteiger partial charge in [0.1, 0.15) is 0 Å². The lowest BCUT2D eigenvalue weighted by molar-refractivity contribution is -0.139. The Morgan fingerprint density at radius 3 is 1.87 bits per heavy atom. The van der Waals surface area contributed by atoms with Gasteiger partial charge in [-0.1, -0.05) is 109 Å². The summed E-state index contributed by atoms with van der Waals surface area (Å²) >= 11 is 0. The number of carboxylic acids is 1. The third-order valence-corrected chi connectivity index (χ3v) is 6.94. The number of hydrogen-bond acceptors (Lipinski definition) is 5. The van der Waals surface area contributed by atoms with Crippen LogP contribution in [0.2, 0.25) is 0 Å². The molecule has 0 spiro atoms. The summed E-state index contributed by atoms with van der Waals surface area (Å²) in [4.78, 5) is 20.8. The van der Waals surface area contributed by atoms with Crippen LogP contribution in [0.1, 0.15) is 122 Å². The standard InChI is InChI=1S/C32H50N2O4/c1-3-5-7-9-10-11-12-13-17-30(32(35)36)27-18-20-28(21-19-27)31-33-25-29(26-34-31)38-24-16-15-23-37-22-14-8-6-4-2/h18-21,25-26,30H,3-17,22-24H2,1-2H3,(H,35,36). The number of nitrogens with zero attached hydrogens (tertiary/aromatic N) is 2. The summed E-state index contributed by atoms with van der Waals surface area (Å²) in [5.41, 5.74) is 1.71. The van der Waals surface area contributed by atoms with Crippen LogP contribution in [0.25, 0.3) is 11.4 Å². The summed E-state index contributed by atoms with van der Waals surface area (Å²) in [6.07, 6.45) is 20.6. The molecule has 0 radical (unpaired) electrons. The SMILES string of the molecule is CCCCCCCCCCC(C(=O)O)c1ccc(-c2ncc(OCCCCOCCCCCC)cn2)cc1. The first-order chi connectivity index (χ1) is 18.7. The van der Waals surface area contributed by atoms with Crippen molar-refractivity contribution in [3.05, 3.63) is 42.2 Å². The molecule has 6 heteroatoms.